The smallest absolute Gasteiger partial charge is 0.186 e. The second kappa shape index (κ2) is 4.08. The van der Waals surface area contributed by atoms with Crippen molar-refractivity contribution in [2.75, 3.05) is 11.5 Å². The van der Waals surface area contributed by atoms with Gasteiger partial charge in [-0.2, -0.15) is 0 Å². The third kappa shape index (κ3) is 1.66. The predicted molar refractivity (Wildman–Crippen MR) is 47.1 cm³/mol. The molecule has 0 amide bonds. The lowest BCUT2D eigenvalue weighted by Gasteiger charge is -2.07. The molecular weight excluding hydrogens is 218 g/mol. The molecule has 0 fully saturated rings. The first kappa shape index (κ1) is 11.2. The van der Waals surface area contributed by atoms with Crippen molar-refractivity contribution in [2.45, 2.75) is 11.8 Å². The van der Waals surface area contributed by atoms with Crippen molar-refractivity contribution < 1.29 is 17.6 Å². The van der Waals surface area contributed by atoms with Gasteiger partial charge in [0, 0.05) is 0 Å². The van der Waals surface area contributed by atoms with Crippen molar-refractivity contribution in [3.63, 3.8) is 0 Å². The van der Waals surface area contributed by atoms with Crippen LogP contribution in [0.5, 0.6) is 0 Å². The quantitative estimate of drug-likeness (QED) is 0.362. The van der Waals surface area contributed by atoms with Gasteiger partial charge in [-0.3, -0.25) is 0 Å². The third-order valence-corrected chi connectivity index (χ3v) is 2.48. The van der Waals surface area contributed by atoms with Crippen molar-refractivity contribution in [2.24, 2.45) is 0 Å². The topological polar surface area (TPSA) is 26.0 Å². The number of hydrogen-bond donors (Lipinski definition) is 1. The largest absolute Gasteiger partial charge is 0.394 e. The first-order valence-corrected chi connectivity index (χ1v) is 4.73. The Balaban J connectivity index is 3.43. The van der Waals surface area contributed by atoms with Crippen LogP contribution in [0.1, 0.15) is 6.92 Å². The number of nitrogen functional groups attached to an aromatic ring is 1. The van der Waals surface area contributed by atoms with E-state index < -0.39 is 33.9 Å². The van der Waals surface area contributed by atoms with Crippen LogP contribution in [0.25, 0.3) is 0 Å². The zero-order valence-corrected chi connectivity index (χ0v) is 8.02. The van der Waals surface area contributed by atoms with E-state index in [1.54, 1.807) is 6.92 Å². The number of hydrogen-bond acceptors (Lipinski definition) is 2. The number of halogens is 4. The van der Waals surface area contributed by atoms with E-state index in [2.05, 4.69) is 0 Å². The molecule has 6 heteroatoms. The maximum absolute atomic E-state index is 13.0. The van der Waals surface area contributed by atoms with E-state index in [1.165, 1.54) is 0 Å². The standard InChI is InChI=1S/C8H7F4NS/c1-2-14-8-5(11)3(9)7(13)4(10)6(8)12/h2,13H2,1H3. The van der Waals surface area contributed by atoms with Crippen LogP contribution in [-0.2, 0) is 0 Å². The Bertz CT molecular complexity index is 338. The fraction of sp³-hybridized carbons (Fsp3) is 0.250. The van der Waals surface area contributed by atoms with Crippen LogP contribution < -0.4 is 5.73 Å². The van der Waals surface area contributed by atoms with Gasteiger partial charge in [0.15, 0.2) is 23.3 Å². The van der Waals surface area contributed by atoms with E-state index in [0.29, 0.717) is 17.5 Å². The van der Waals surface area contributed by atoms with Crippen molar-refractivity contribution >= 4 is 17.4 Å². The molecule has 0 atom stereocenters. The number of thioether (sulfide) groups is 1. The highest BCUT2D eigenvalue weighted by molar-refractivity contribution is 7.99. The first-order chi connectivity index (χ1) is 6.50. The molecule has 1 aromatic rings. The molecule has 1 rings (SSSR count). The van der Waals surface area contributed by atoms with Gasteiger partial charge in [0.2, 0.25) is 0 Å². The normalized spacial score (nSPS) is 10.6. The van der Waals surface area contributed by atoms with Crippen LogP contribution >= 0.6 is 11.8 Å². The van der Waals surface area contributed by atoms with Crippen LogP contribution in [0, 0.1) is 23.3 Å². The van der Waals surface area contributed by atoms with Crippen molar-refractivity contribution in [1.82, 2.24) is 0 Å². The minimum atomic E-state index is -1.54. The molecule has 0 bridgehead atoms. The lowest BCUT2D eigenvalue weighted by molar-refractivity contribution is 0.431. The van der Waals surface area contributed by atoms with E-state index in [0.717, 1.165) is 0 Å². The van der Waals surface area contributed by atoms with E-state index in [4.69, 9.17) is 5.73 Å². The van der Waals surface area contributed by atoms with E-state index in [-0.39, 0.29) is 0 Å². The zero-order chi connectivity index (χ0) is 10.9. The van der Waals surface area contributed by atoms with E-state index >= 15 is 0 Å². The van der Waals surface area contributed by atoms with Gasteiger partial charge < -0.3 is 5.73 Å². The molecule has 0 spiro atoms. The van der Waals surface area contributed by atoms with E-state index in [9.17, 15) is 17.6 Å². The van der Waals surface area contributed by atoms with Crippen LogP contribution in [0.3, 0.4) is 0 Å². The molecule has 0 aliphatic rings. The minimum Gasteiger partial charge on any atom is -0.394 e. The van der Waals surface area contributed by atoms with Gasteiger partial charge in [0.25, 0.3) is 0 Å². The number of rotatable bonds is 2. The van der Waals surface area contributed by atoms with Crippen LogP contribution in [-0.4, -0.2) is 5.75 Å². The van der Waals surface area contributed by atoms with Gasteiger partial charge in [-0.15, -0.1) is 11.8 Å². The molecule has 0 aromatic heterocycles. The molecule has 1 aromatic carbocycles. The fourth-order valence-corrected chi connectivity index (χ4v) is 1.62. The summed E-state index contributed by atoms with van der Waals surface area (Å²) in [4.78, 5) is -0.670. The Morgan fingerprint density at radius 3 is 1.79 bits per heavy atom. The number of nitrogens with two attached hydrogens (primary N) is 1. The monoisotopic (exact) mass is 225 g/mol. The lowest BCUT2D eigenvalue weighted by Crippen LogP contribution is -2.04. The summed E-state index contributed by atoms with van der Waals surface area (Å²) < 4.78 is 51.7. The Morgan fingerprint density at radius 1 is 1.00 bits per heavy atom. The summed E-state index contributed by atoms with van der Waals surface area (Å²) in [5.74, 6) is -5.66. The summed E-state index contributed by atoms with van der Waals surface area (Å²) in [6.45, 7) is 1.61. The van der Waals surface area contributed by atoms with Crippen molar-refractivity contribution in [1.29, 1.82) is 0 Å². The first-order valence-electron chi connectivity index (χ1n) is 3.74. The van der Waals surface area contributed by atoms with Gasteiger partial charge >= 0.3 is 0 Å². The summed E-state index contributed by atoms with van der Waals surface area (Å²) in [5, 5.41) is 0. The van der Waals surface area contributed by atoms with Crippen LogP contribution in [0.2, 0.25) is 0 Å². The molecule has 0 saturated carbocycles. The SMILES string of the molecule is CCSc1c(F)c(F)c(N)c(F)c1F. The Kier molecular flexibility index (Phi) is 3.25. The maximum Gasteiger partial charge on any atom is 0.186 e. The predicted octanol–water partition coefficient (Wildman–Crippen LogP) is 2.94. The average molecular weight is 225 g/mol. The molecule has 0 saturated heterocycles. The average Bonchev–Trinajstić information content (AvgIpc) is 2.19. The molecule has 2 N–H and O–H groups in total. The number of anilines is 1. The highest BCUT2D eigenvalue weighted by atomic mass is 32.2. The molecule has 1 nitrogen and oxygen atoms in total. The summed E-state index contributed by atoms with van der Waals surface area (Å²) in [6, 6.07) is 0. The van der Waals surface area contributed by atoms with Crippen molar-refractivity contribution in [3.05, 3.63) is 23.3 Å². The summed E-state index contributed by atoms with van der Waals surface area (Å²) >= 11 is 0.680. The van der Waals surface area contributed by atoms with Gasteiger partial charge in [-0.1, -0.05) is 6.92 Å². The summed E-state index contributed by atoms with van der Waals surface area (Å²) in [7, 11) is 0. The third-order valence-electron chi connectivity index (χ3n) is 1.55. The molecule has 0 aliphatic heterocycles. The minimum absolute atomic E-state index is 0.302. The maximum atomic E-state index is 13.0. The second-order valence-electron chi connectivity index (χ2n) is 2.43. The lowest BCUT2D eigenvalue weighted by atomic mass is 10.2. The Hall–Kier alpha value is -0.910. The van der Waals surface area contributed by atoms with Gasteiger partial charge in [-0.25, -0.2) is 17.6 Å². The molecule has 0 aliphatic carbocycles. The Labute approximate surface area is 82.3 Å². The Morgan fingerprint density at radius 2 is 1.43 bits per heavy atom. The summed E-state index contributed by atoms with van der Waals surface area (Å²) in [6.07, 6.45) is 0. The molecular formula is C8H7F4NS. The molecule has 78 valence electrons. The second-order valence-corrected chi connectivity index (χ2v) is 3.71. The number of benzene rings is 1. The van der Waals surface area contributed by atoms with Gasteiger partial charge in [-0.05, 0) is 5.75 Å². The van der Waals surface area contributed by atoms with E-state index in [1.807, 2.05) is 0 Å². The van der Waals surface area contributed by atoms with Gasteiger partial charge in [0.1, 0.15) is 5.69 Å². The molecule has 0 heterocycles. The highest BCUT2D eigenvalue weighted by Crippen LogP contribution is 2.32. The van der Waals surface area contributed by atoms with Crippen LogP contribution in [0.15, 0.2) is 4.90 Å². The summed E-state index contributed by atoms with van der Waals surface area (Å²) in [5.41, 5.74) is 3.68. The van der Waals surface area contributed by atoms with Crippen molar-refractivity contribution in [3.8, 4) is 0 Å². The fourth-order valence-electron chi connectivity index (χ4n) is 0.900. The molecule has 0 unspecified atom stereocenters. The van der Waals surface area contributed by atoms with Crippen LogP contribution in [0.4, 0.5) is 23.2 Å². The van der Waals surface area contributed by atoms with Gasteiger partial charge in [0.05, 0.1) is 4.90 Å². The molecule has 0 radical (unpaired) electrons. The zero-order valence-electron chi connectivity index (χ0n) is 7.20. The highest BCUT2D eigenvalue weighted by Gasteiger charge is 2.23. The molecule has 14 heavy (non-hydrogen) atoms.